The average Bonchev–Trinajstić information content (AvgIpc) is 2.85. The minimum atomic E-state index is -1.02. The molecule has 2 aromatic heterocycles. The van der Waals surface area contributed by atoms with Gasteiger partial charge in [-0.05, 0) is 6.07 Å². The molecule has 0 fully saturated rings. The lowest BCUT2D eigenvalue weighted by atomic mass is 9.98. The molecule has 0 aromatic carbocycles. The molecular formula is C14H16N2O3S. The zero-order valence-corrected chi connectivity index (χ0v) is 12.4. The van der Waals surface area contributed by atoms with Crippen molar-refractivity contribution in [3.63, 3.8) is 0 Å². The molecule has 20 heavy (non-hydrogen) atoms. The highest BCUT2D eigenvalue weighted by Crippen LogP contribution is 2.26. The van der Waals surface area contributed by atoms with E-state index in [9.17, 15) is 4.79 Å². The van der Waals surface area contributed by atoms with Crippen molar-refractivity contribution < 1.29 is 14.6 Å². The monoisotopic (exact) mass is 292 g/mol. The Morgan fingerprint density at radius 3 is 2.75 bits per heavy atom. The Morgan fingerprint density at radius 1 is 1.40 bits per heavy atom. The lowest BCUT2D eigenvalue weighted by molar-refractivity contribution is 0.0696. The van der Waals surface area contributed by atoms with Crippen molar-refractivity contribution in [3.8, 4) is 5.75 Å². The number of rotatable bonds is 4. The quantitative estimate of drug-likeness (QED) is 0.937. The number of thiazole rings is 1. The Hall–Kier alpha value is -1.95. The summed E-state index contributed by atoms with van der Waals surface area (Å²) in [5.41, 5.74) is 0.963. The normalized spacial score (nSPS) is 11.3. The van der Waals surface area contributed by atoms with E-state index in [-0.39, 0.29) is 11.0 Å². The number of aromatic nitrogens is 2. The Balaban J connectivity index is 2.04. The highest BCUT2D eigenvalue weighted by Gasteiger charge is 2.18. The summed E-state index contributed by atoms with van der Waals surface area (Å²) in [5, 5.41) is 11.9. The largest absolute Gasteiger partial charge is 0.486 e. The van der Waals surface area contributed by atoms with Crippen LogP contribution in [0, 0.1) is 0 Å². The molecule has 0 saturated heterocycles. The number of nitrogens with zero attached hydrogens (tertiary/aromatic N) is 2. The summed E-state index contributed by atoms with van der Waals surface area (Å²) >= 11 is 1.60. The van der Waals surface area contributed by atoms with Crippen molar-refractivity contribution in [1.29, 1.82) is 0 Å². The molecule has 106 valence electrons. The van der Waals surface area contributed by atoms with Gasteiger partial charge in [-0.2, -0.15) is 0 Å². The zero-order chi connectivity index (χ0) is 14.8. The van der Waals surface area contributed by atoms with Crippen molar-refractivity contribution in [3.05, 3.63) is 40.1 Å². The van der Waals surface area contributed by atoms with Gasteiger partial charge >= 0.3 is 5.97 Å². The molecule has 1 N–H and O–H groups in total. The second-order valence-electron chi connectivity index (χ2n) is 5.40. The van der Waals surface area contributed by atoms with Gasteiger partial charge in [-0.3, -0.25) is 4.98 Å². The topological polar surface area (TPSA) is 72.3 Å². The number of carboxylic acids is 1. The molecule has 0 unspecified atom stereocenters. The van der Waals surface area contributed by atoms with Crippen molar-refractivity contribution in [2.45, 2.75) is 32.8 Å². The second kappa shape index (κ2) is 5.58. The van der Waals surface area contributed by atoms with E-state index in [1.165, 1.54) is 18.5 Å². The van der Waals surface area contributed by atoms with E-state index in [4.69, 9.17) is 9.84 Å². The highest BCUT2D eigenvalue weighted by atomic mass is 32.1. The van der Waals surface area contributed by atoms with Crippen molar-refractivity contribution in [1.82, 2.24) is 9.97 Å². The van der Waals surface area contributed by atoms with Gasteiger partial charge in [-0.15, -0.1) is 11.3 Å². The summed E-state index contributed by atoms with van der Waals surface area (Å²) in [5.74, 6) is -0.596. The van der Waals surface area contributed by atoms with Crippen LogP contribution >= 0.6 is 11.3 Å². The van der Waals surface area contributed by atoms with E-state index < -0.39 is 5.97 Å². The van der Waals surface area contributed by atoms with Crippen LogP contribution in [0.15, 0.2) is 23.8 Å². The third kappa shape index (κ3) is 3.54. The number of pyridine rings is 1. The van der Waals surface area contributed by atoms with E-state index >= 15 is 0 Å². The Bertz CT molecular complexity index is 617. The SMILES string of the molecule is CC(C)(C)c1nc(COc2cncc(C(=O)O)c2)cs1. The van der Waals surface area contributed by atoms with E-state index in [1.807, 2.05) is 5.38 Å². The van der Waals surface area contributed by atoms with Gasteiger partial charge < -0.3 is 9.84 Å². The number of aromatic carboxylic acids is 1. The lowest BCUT2D eigenvalue weighted by Gasteiger charge is -2.13. The third-order valence-electron chi connectivity index (χ3n) is 2.54. The van der Waals surface area contributed by atoms with E-state index in [0.717, 1.165) is 10.7 Å². The molecule has 0 atom stereocenters. The molecule has 2 heterocycles. The number of hydrogen-bond donors (Lipinski definition) is 1. The summed E-state index contributed by atoms with van der Waals surface area (Å²) in [4.78, 5) is 19.2. The maximum atomic E-state index is 10.8. The van der Waals surface area contributed by atoms with Gasteiger partial charge in [-0.1, -0.05) is 20.8 Å². The second-order valence-corrected chi connectivity index (χ2v) is 6.26. The van der Waals surface area contributed by atoms with Crippen LogP contribution in [0.4, 0.5) is 0 Å². The van der Waals surface area contributed by atoms with Gasteiger partial charge in [0.15, 0.2) is 0 Å². The number of carboxylic acid groups (broad SMARTS) is 1. The van der Waals surface area contributed by atoms with E-state index in [2.05, 4.69) is 30.7 Å². The number of hydrogen-bond acceptors (Lipinski definition) is 5. The molecule has 0 amide bonds. The number of carbonyl (C=O) groups is 1. The van der Waals surface area contributed by atoms with Gasteiger partial charge in [-0.25, -0.2) is 9.78 Å². The molecule has 0 radical (unpaired) electrons. The van der Waals surface area contributed by atoms with Gasteiger partial charge in [0, 0.05) is 17.0 Å². The van der Waals surface area contributed by atoms with Crippen molar-refractivity contribution in [2.24, 2.45) is 0 Å². The van der Waals surface area contributed by atoms with E-state index in [0.29, 0.717) is 12.4 Å². The highest BCUT2D eigenvalue weighted by molar-refractivity contribution is 7.09. The molecule has 0 aliphatic rings. The fourth-order valence-electron chi connectivity index (χ4n) is 1.49. The number of ether oxygens (including phenoxy) is 1. The first-order valence-electron chi connectivity index (χ1n) is 6.12. The van der Waals surface area contributed by atoms with Crippen LogP contribution in [0.2, 0.25) is 0 Å². The van der Waals surface area contributed by atoms with Gasteiger partial charge in [0.05, 0.1) is 22.5 Å². The molecule has 5 nitrogen and oxygen atoms in total. The first kappa shape index (κ1) is 14.5. The minimum Gasteiger partial charge on any atom is -0.486 e. The Morgan fingerprint density at radius 2 is 2.15 bits per heavy atom. The zero-order valence-electron chi connectivity index (χ0n) is 11.6. The minimum absolute atomic E-state index is 0.0215. The summed E-state index contributed by atoms with van der Waals surface area (Å²) < 4.78 is 5.53. The van der Waals surface area contributed by atoms with Crippen LogP contribution in [0.1, 0.15) is 41.8 Å². The molecule has 0 bridgehead atoms. The molecule has 0 aliphatic carbocycles. The summed E-state index contributed by atoms with van der Waals surface area (Å²) in [6.07, 6.45) is 2.78. The molecule has 6 heteroatoms. The van der Waals surface area contributed by atoms with Crippen LogP contribution in [-0.4, -0.2) is 21.0 Å². The molecule has 2 rings (SSSR count). The Kier molecular flexibility index (Phi) is 4.04. The first-order valence-corrected chi connectivity index (χ1v) is 7.00. The molecular weight excluding hydrogens is 276 g/mol. The standard InChI is InChI=1S/C14H16N2O3S/c1-14(2,3)13-16-10(8-20-13)7-19-11-4-9(12(17)18)5-15-6-11/h4-6,8H,7H2,1-3H3,(H,17,18). The van der Waals surface area contributed by atoms with Crippen LogP contribution in [-0.2, 0) is 12.0 Å². The summed E-state index contributed by atoms with van der Waals surface area (Å²) in [6.45, 7) is 6.63. The van der Waals surface area contributed by atoms with Gasteiger partial charge in [0.1, 0.15) is 12.4 Å². The fraction of sp³-hybridized carbons (Fsp3) is 0.357. The van der Waals surface area contributed by atoms with E-state index in [1.54, 1.807) is 11.3 Å². The molecule has 0 saturated carbocycles. The van der Waals surface area contributed by atoms with Gasteiger partial charge in [0.2, 0.25) is 0 Å². The third-order valence-corrected chi connectivity index (χ3v) is 3.86. The van der Waals surface area contributed by atoms with Gasteiger partial charge in [0.25, 0.3) is 0 Å². The van der Waals surface area contributed by atoms with Crippen LogP contribution in [0.5, 0.6) is 5.75 Å². The molecule has 0 aliphatic heterocycles. The van der Waals surface area contributed by atoms with Crippen molar-refractivity contribution >= 4 is 17.3 Å². The lowest BCUT2D eigenvalue weighted by Crippen LogP contribution is -2.10. The van der Waals surface area contributed by atoms with Crippen molar-refractivity contribution in [2.75, 3.05) is 0 Å². The predicted octanol–water partition coefficient (Wildman–Crippen LogP) is 3.11. The average molecular weight is 292 g/mol. The maximum absolute atomic E-state index is 10.8. The van der Waals surface area contributed by atoms with Crippen LogP contribution in [0.25, 0.3) is 0 Å². The first-order chi connectivity index (χ1) is 9.36. The maximum Gasteiger partial charge on any atom is 0.337 e. The smallest absolute Gasteiger partial charge is 0.337 e. The summed E-state index contributed by atoms with van der Waals surface area (Å²) in [6, 6.07) is 1.45. The predicted molar refractivity (Wildman–Crippen MR) is 76.3 cm³/mol. The molecule has 2 aromatic rings. The fourth-order valence-corrected chi connectivity index (χ4v) is 2.38. The molecule has 0 spiro atoms. The van der Waals surface area contributed by atoms with Crippen LogP contribution < -0.4 is 4.74 Å². The Labute approximate surface area is 121 Å². The summed E-state index contributed by atoms with van der Waals surface area (Å²) in [7, 11) is 0. The van der Waals surface area contributed by atoms with Crippen LogP contribution in [0.3, 0.4) is 0 Å².